The number of hydrogen-bond donors (Lipinski definition) is 1. The number of guanidine groups is 1. The third-order valence-corrected chi connectivity index (χ3v) is 6.64. The van der Waals surface area contributed by atoms with Crippen LogP contribution in [0.1, 0.15) is 37.3 Å². The van der Waals surface area contributed by atoms with Crippen molar-refractivity contribution in [3.8, 4) is 22.9 Å². The fourth-order valence-electron chi connectivity index (χ4n) is 4.91. The molecule has 164 valence electrons. The minimum Gasteiger partial charge on any atom is -0.486 e. The van der Waals surface area contributed by atoms with Crippen molar-refractivity contribution in [2.45, 2.75) is 37.5 Å². The summed E-state index contributed by atoms with van der Waals surface area (Å²) in [5.41, 5.74) is 7.93. The van der Waals surface area contributed by atoms with Crippen LogP contribution in [0.15, 0.2) is 47.5 Å². The Morgan fingerprint density at radius 1 is 1.19 bits per heavy atom. The second-order valence-electron chi connectivity index (χ2n) is 8.71. The first-order chi connectivity index (χ1) is 15.3. The Balaban J connectivity index is 1.57. The van der Waals surface area contributed by atoms with Gasteiger partial charge in [0.1, 0.15) is 11.4 Å². The van der Waals surface area contributed by atoms with Crippen LogP contribution < -0.4 is 10.5 Å². The van der Waals surface area contributed by atoms with Gasteiger partial charge in [-0.15, -0.1) is 0 Å². The van der Waals surface area contributed by atoms with Crippen LogP contribution in [-0.2, 0) is 15.4 Å². The lowest BCUT2D eigenvalue weighted by molar-refractivity contribution is -0.209. The van der Waals surface area contributed by atoms with E-state index in [4.69, 9.17) is 20.3 Å². The molecule has 1 atom stereocenters. The second-order valence-corrected chi connectivity index (χ2v) is 8.71. The third kappa shape index (κ3) is 3.26. The SMILES string of the molecule is CC(=O)N1CCC2(CC1)CC1(N=C(N)N(C)O1)c1cc(-c3cccc(C#N)c3)ccc1O2. The van der Waals surface area contributed by atoms with Gasteiger partial charge in [0.2, 0.25) is 17.6 Å². The molecule has 8 heteroatoms. The molecule has 1 amide bonds. The van der Waals surface area contributed by atoms with Gasteiger partial charge < -0.3 is 15.4 Å². The molecular formula is C24H25N5O3. The molecule has 2 aromatic carbocycles. The predicted molar refractivity (Wildman–Crippen MR) is 118 cm³/mol. The van der Waals surface area contributed by atoms with E-state index in [-0.39, 0.29) is 5.91 Å². The smallest absolute Gasteiger partial charge is 0.222 e. The largest absolute Gasteiger partial charge is 0.486 e. The second kappa shape index (κ2) is 7.24. The van der Waals surface area contributed by atoms with Gasteiger partial charge in [0.15, 0.2) is 0 Å². The van der Waals surface area contributed by atoms with E-state index < -0.39 is 11.3 Å². The summed E-state index contributed by atoms with van der Waals surface area (Å²) in [6.45, 7) is 2.86. The highest BCUT2D eigenvalue weighted by atomic mass is 16.7. The molecule has 0 aromatic heterocycles. The van der Waals surface area contributed by atoms with Crippen molar-refractivity contribution in [3.63, 3.8) is 0 Å². The van der Waals surface area contributed by atoms with Crippen LogP contribution in [0.5, 0.6) is 5.75 Å². The molecule has 2 spiro atoms. The number of rotatable bonds is 1. The maximum Gasteiger partial charge on any atom is 0.222 e. The zero-order valence-electron chi connectivity index (χ0n) is 18.2. The molecule has 2 aromatic rings. The van der Waals surface area contributed by atoms with Crippen LogP contribution in [-0.4, -0.2) is 47.6 Å². The number of amides is 1. The average Bonchev–Trinajstić information content (AvgIpc) is 3.07. The van der Waals surface area contributed by atoms with Gasteiger partial charge in [-0.1, -0.05) is 18.2 Å². The first kappa shape index (κ1) is 20.3. The number of fused-ring (bicyclic) bond motifs is 2. The van der Waals surface area contributed by atoms with Crippen molar-refractivity contribution in [1.82, 2.24) is 9.96 Å². The molecule has 1 fully saturated rings. The summed E-state index contributed by atoms with van der Waals surface area (Å²) in [6.07, 6.45) is 1.90. The van der Waals surface area contributed by atoms with E-state index in [1.807, 2.05) is 41.3 Å². The number of nitrogens with zero attached hydrogens (tertiary/aromatic N) is 4. The molecule has 0 bridgehead atoms. The van der Waals surface area contributed by atoms with Crippen LogP contribution in [0, 0.1) is 11.3 Å². The minimum absolute atomic E-state index is 0.0779. The van der Waals surface area contributed by atoms with Crippen molar-refractivity contribution in [2.75, 3.05) is 20.1 Å². The number of ether oxygens (including phenoxy) is 1. The number of nitriles is 1. The molecular weight excluding hydrogens is 406 g/mol. The van der Waals surface area contributed by atoms with Crippen LogP contribution in [0.25, 0.3) is 11.1 Å². The van der Waals surface area contributed by atoms with E-state index in [2.05, 4.69) is 6.07 Å². The van der Waals surface area contributed by atoms with Crippen LogP contribution in [0.4, 0.5) is 0 Å². The van der Waals surface area contributed by atoms with Crippen LogP contribution >= 0.6 is 0 Å². The van der Waals surface area contributed by atoms with E-state index in [1.165, 1.54) is 5.06 Å². The quantitative estimate of drug-likeness (QED) is 0.745. The summed E-state index contributed by atoms with van der Waals surface area (Å²) in [6, 6.07) is 15.6. The summed E-state index contributed by atoms with van der Waals surface area (Å²) in [5.74, 6) is 1.10. The Morgan fingerprint density at radius 2 is 1.94 bits per heavy atom. The Kier molecular flexibility index (Phi) is 4.60. The number of nitrogens with two attached hydrogens (primary N) is 1. The van der Waals surface area contributed by atoms with Gasteiger partial charge in [0, 0.05) is 46.3 Å². The summed E-state index contributed by atoms with van der Waals surface area (Å²) >= 11 is 0. The van der Waals surface area contributed by atoms with Crippen molar-refractivity contribution < 1.29 is 14.4 Å². The van der Waals surface area contributed by atoms with Gasteiger partial charge in [0.25, 0.3) is 0 Å². The van der Waals surface area contributed by atoms with Crippen molar-refractivity contribution in [1.29, 1.82) is 5.26 Å². The normalized spacial score (nSPS) is 23.5. The van der Waals surface area contributed by atoms with Gasteiger partial charge in [-0.2, -0.15) is 5.26 Å². The molecule has 1 unspecified atom stereocenters. The van der Waals surface area contributed by atoms with Crippen LogP contribution in [0.3, 0.4) is 0 Å². The van der Waals surface area contributed by atoms with Crippen molar-refractivity contribution >= 4 is 11.9 Å². The van der Waals surface area contributed by atoms with E-state index in [9.17, 15) is 10.1 Å². The van der Waals surface area contributed by atoms with E-state index in [0.29, 0.717) is 49.6 Å². The Hall–Kier alpha value is -3.57. The zero-order valence-corrected chi connectivity index (χ0v) is 18.2. The minimum atomic E-state index is -0.992. The Labute approximate surface area is 186 Å². The fraction of sp³-hybridized carbons (Fsp3) is 0.375. The Bertz CT molecular complexity index is 1160. The molecule has 3 aliphatic rings. The molecule has 8 nitrogen and oxygen atoms in total. The molecule has 1 saturated heterocycles. The molecule has 0 aliphatic carbocycles. The summed E-state index contributed by atoms with van der Waals surface area (Å²) in [5, 5.41) is 10.8. The summed E-state index contributed by atoms with van der Waals surface area (Å²) < 4.78 is 6.58. The van der Waals surface area contributed by atoms with Crippen molar-refractivity contribution in [3.05, 3.63) is 53.6 Å². The van der Waals surface area contributed by atoms with Gasteiger partial charge in [-0.3, -0.25) is 4.79 Å². The molecule has 3 aliphatic heterocycles. The van der Waals surface area contributed by atoms with Gasteiger partial charge >= 0.3 is 0 Å². The number of piperidine rings is 1. The number of aliphatic imine (C=N–C) groups is 1. The lowest BCUT2D eigenvalue weighted by atomic mass is 9.78. The number of hydroxylamine groups is 2. The molecule has 0 radical (unpaired) electrons. The summed E-state index contributed by atoms with van der Waals surface area (Å²) in [7, 11) is 1.74. The highest BCUT2D eigenvalue weighted by molar-refractivity contribution is 5.79. The maximum atomic E-state index is 11.8. The van der Waals surface area contributed by atoms with E-state index >= 15 is 0 Å². The number of carbonyl (C=O) groups excluding carboxylic acids is 1. The van der Waals surface area contributed by atoms with Gasteiger partial charge in [-0.05, 0) is 35.4 Å². The molecule has 0 saturated carbocycles. The molecule has 5 rings (SSSR count). The standard InChI is InChI=1S/C24H25N5O3/c1-16(30)29-10-8-23(9-11-29)15-24(27-22(26)28(2)32-24)20-13-19(6-7-21(20)31-23)18-5-3-4-17(12-18)14-25/h3-7,12-13H,8-11,15H2,1-2H3,(H2,26,27). The average molecular weight is 431 g/mol. The van der Waals surface area contributed by atoms with E-state index in [1.54, 1.807) is 20.0 Å². The first-order valence-corrected chi connectivity index (χ1v) is 10.7. The molecule has 2 N–H and O–H groups in total. The number of likely N-dealkylation sites (tertiary alicyclic amines) is 1. The predicted octanol–water partition coefficient (Wildman–Crippen LogP) is 2.73. The highest BCUT2D eigenvalue weighted by Gasteiger charge is 2.55. The number of carbonyl (C=O) groups is 1. The lowest BCUT2D eigenvalue weighted by Gasteiger charge is -2.48. The summed E-state index contributed by atoms with van der Waals surface area (Å²) in [4.78, 5) is 24.7. The maximum absolute atomic E-state index is 11.8. The van der Waals surface area contributed by atoms with Gasteiger partial charge in [0.05, 0.1) is 17.2 Å². The van der Waals surface area contributed by atoms with E-state index in [0.717, 1.165) is 16.7 Å². The zero-order chi connectivity index (χ0) is 22.5. The van der Waals surface area contributed by atoms with Gasteiger partial charge in [-0.25, -0.2) is 14.9 Å². The first-order valence-electron chi connectivity index (χ1n) is 10.7. The number of hydrogen-bond acceptors (Lipinski definition) is 7. The number of benzene rings is 2. The lowest BCUT2D eigenvalue weighted by Crippen LogP contribution is -2.55. The third-order valence-electron chi connectivity index (χ3n) is 6.64. The van der Waals surface area contributed by atoms with Crippen LogP contribution in [0.2, 0.25) is 0 Å². The Morgan fingerprint density at radius 3 is 2.59 bits per heavy atom. The highest BCUT2D eigenvalue weighted by Crippen LogP contribution is 2.52. The topological polar surface area (TPSA) is 104 Å². The fourth-order valence-corrected chi connectivity index (χ4v) is 4.91. The molecule has 32 heavy (non-hydrogen) atoms. The van der Waals surface area contributed by atoms with Crippen molar-refractivity contribution in [2.24, 2.45) is 10.7 Å². The molecule has 3 heterocycles. The monoisotopic (exact) mass is 431 g/mol.